The lowest BCUT2D eigenvalue weighted by atomic mass is 10.2. The molecule has 1 aliphatic heterocycles. The number of hydrogen-bond acceptors (Lipinski definition) is 6. The molecule has 0 aliphatic carbocycles. The van der Waals surface area contributed by atoms with Crippen LogP contribution in [0.25, 0.3) is 0 Å². The summed E-state index contributed by atoms with van der Waals surface area (Å²) in [5, 5.41) is 5.97. The third-order valence-corrected chi connectivity index (χ3v) is 5.45. The van der Waals surface area contributed by atoms with E-state index in [-0.39, 0.29) is 41.4 Å². The highest BCUT2D eigenvalue weighted by atomic mass is 35.5. The van der Waals surface area contributed by atoms with E-state index in [4.69, 9.17) is 9.47 Å². The number of carbonyl (C=O) groups excluding carboxylic acids is 1. The summed E-state index contributed by atoms with van der Waals surface area (Å²) < 4.78 is 34.9. The number of halogens is 1. The van der Waals surface area contributed by atoms with Crippen molar-refractivity contribution in [2.45, 2.75) is 23.8 Å². The van der Waals surface area contributed by atoms with E-state index < -0.39 is 9.84 Å². The van der Waals surface area contributed by atoms with Gasteiger partial charge in [0.2, 0.25) is 5.91 Å². The zero-order valence-corrected chi connectivity index (χ0v) is 15.3. The van der Waals surface area contributed by atoms with Gasteiger partial charge in [-0.1, -0.05) is 0 Å². The van der Waals surface area contributed by atoms with Crippen molar-refractivity contribution in [3.8, 4) is 11.5 Å². The molecule has 1 heterocycles. The van der Waals surface area contributed by atoms with Gasteiger partial charge >= 0.3 is 0 Å². The van der Waals surface area contributed by atoms with Gasteiger partial charge in [-0.2, -0.15) is 0 Å². The summed E-state index contributed by atoms with van der Waals surface area (Å²) >= 11 is 0. The molecule has 1 aromatic carbocycles. The Balaban J connectivity index is 0.00000288. The summed E-state index contributed by atoms with van der Waals surface area (Å²) in [6.07, 6.45) is 0.807. The Morgan fingerprint density at radius 1 is 1.29 bits per heavy atom. The summed E-state index contributed by atoms with van der Waals surface area (Å²) in [5.74, 6) is 0.310. The van der Waals surface area contributed by atoms with Crippen LogP contribution in [0.15, 0.2) is 23.1 Å². The smallest absolute Gasteiger partial charge is 0.221 e. The number of ether oxygens (including phenoxy) is 2. The number of nitrogens with one attached hydrogen (secondary N) is 2. The molecule has 0 bridgehead atoms. The molecule has 1 aliphatic rings. The Hall–Kier alpha value is -1.51. The fourth-order valence-corrected chi connectivity index (χ4v) is 3.68. The fourth-order valence-electron chi connectivity index (χ4n) is 2.43. The minimum absolute atomic E-state index is 0. The highest BCUT2D eigenvalue weighted by Gasteiger charge is 2.21. The predicted molar refractivity (Wildman–Crippen MR) is 92.9 cm³/mol. The van der Waals surface area contributed by atoms with Gasteiger partial charge in [0.25, 0.3) is 0 Å². The molecule has 1 aromatic rings. The zero-order valence-electron chi connectivity index (χ0n) is 13.7. The molecule has 0 spiro atoms. The first-order valence-corrected chi connectivity index (χ1v) is 9.06. The summed E-state index contributed by atoms with van der Waals surface area (Å²) in [7, 11) is -0.636. The average molecular weight is 379 g/mol. The van der Waals surface area contributed by atoms with E-state index in [1.165, 1.54) is 32.4 Å². The molecule has 1 atom stereocenters. The molecule has 0 saturated carbocycles. The molecule has 1 fully saturated rings. The lowest BCUT2D eigenvalue weighted by molar-refractivity contribution is -0.121. The summed E-state index contributed by atoms with van der Waals surface area (Å²) in [5.41, 5.74) is 0. The van der Waals surface area contributed by atoms with Crippen LogP contribution in [0.1, 0.15) is 12.8 Å². The Morgan fingerprint density at radius 2 is 2.00 bits per heavy atom. The molecular weight excluding hydrogens is 356 g/mol. The normalized spacial score (nSPS) is 17.0. The first kappa shape index (κ1) is 20.5. The van der Waals surface area contributed by atoms with Crippen molar-refractivity contribution < 1.29 is 22.7 Å². The second-order valence-electron chi connectivity index (χ2n) is 5.34. The number of carbonyl (C=O) groups is 1. The van der Waals surface area contributed by atoms with Gasteiger partial charge in [0.05, 0.1) is 24.9 Å². The van der Waals surface area contributed by atoms with Gasteiger partial charge in [-0.15, -0.1) is 12.4 Å². The topological polar surface area (TPSA) is 93.7 Å². The Labute approximate surface area is 148 Å². The number of rotatable bonds is 7. The minimum atomic E-state index is -3.56. The van der Waals surface area contributed by atoms with Gasteiger partial charge in [0.1, 0.15) is 0 Å². The summed E-state index contributed by atoms with van der Waals surface area (Å²) in [6.45, 7) is 1.60. The average Bonchev–Trinajstić information content (AvgIpc) is 3.05. The molecule has 24 heavy (non-hydrogen) atoms. The van der Waals surface area contributed by atoms with E-state index in [1.54, 1.807) is 0 Å². The van der Waals surface area contributed by atoms with Gasteiger partial charge in [-0.25, -0.2) is 8.42 Å². The fraction of sp³-hybridized carbons (Fsp3) is 0.533. The van der Waals surface area contributed by atoms with Crippen molar-refractivity contribution in [3.63, 3.8) is 0 Å². The van der Waals surface area contributed by atoms with Gasteiger partial charge in [0.15, 0.2) is 21.3 Å². The van der Waals surface area contributed by atoms with Crippen LogP contribution in [0.5, 0.6) is 11.5 Å². The number of sulfone groups is 1. The SMILES string of the molecule is COc1ccc(S(=O)(=O)CCC(=O)NC2CCNC2)cc1OC.Cl. The molecular formula is C15H23ClN2O5S. The zero-order chi connectivity index (χ0) is 16.9. The van der Waals surface area contributed by atoms with Crippen LogP contribution in [-0.2, 0) is 14.6 Å². The highest BCUT2D eigenvalue weighted by Crippen LogP contribution is 2.29. The van der Waals surface area contributed by atoms with E-state index in [1.807, 2.05) is 0 Å². The first-order valence-electron chi connectivity index (χ1n) is 7.41. The molecule has 9 heteroatoms. The van der Waals surface area contributed by atoms with E-state index in [0.717, 1.165) is 19.5 Å². The Bertz CT molecular complexity index is 660. The second kappa shape index (κ2) is 9.10. The Kier molecular flexibility index (Phi) is 7.78. The van der Waals surface area contributed by atoms with Crippen molar-refractivity contribution in [2.24, 2.45) is 0 Å². The predicted octanol–water partition coefficient (Wildman–Crippen LogP) is 0.767. The van der Waals surface area contributed by atoms with Gasteiger partial charge < -0.3 is 20.1 Å². The molecule has 1 saturated heterocycles. The van der Waals surface area contributed by atoms with Crippen molar-refractivity contribution in [1.82, 2.24) is 10.6 Å². The second-order valence-corrected chi connectivity index (χ2v) is 7.45. The third-order valence-electron chi connectivity index (χ3n) is 3.74. The summed E-state index contributed by atoms with van der Waals surface area (Å²) in [6, 6.07) is 4.49. The number of benzene rings is 1. The molecule has 7 nitrogen and oxygen atoms in total. The third kappa shape index (κ3) is 5.25. The van der Waals surface area contributed by atoms with E-state index in [2.05, 4.69) is 10.6 Å². The minimum Gasteiger partial charge on any atom is -0.493 e. The Morgan fingerprint density at radius 3 is 2.58 bits per heavy atom. The first-order chi connectivity index (χ1) is 11.0. The van der Waals surface area contributed by atoms with Gasteiger partial charge in [-0.3, -0.25) is 4.79 Å². The molecule has 1 amide bonds. The number of amides is 1. The standard InChI is InChI=1S/C15H22N2O5S.ClH/c1-21-13-4-3-12(9-14(13)22-2)23(19,20)8-6-15(18)17-11-5-7-16-10-11;/h3-4,9,11,16H,5-8,10H2,1-2H3,(H,17,18);1H. The maximum Gasteiger partial charge on any atom is 0.221 e. The maximum atomic E-state index is 12.4. The van der Waals surface area contributed by atoms with E-state index in [9.17, 15) is 13.2 Å². The van der Waals surface area contributed by atoms with Crippen molar-refractivity contribution >= 4 is 28.2 Å². The molecule has 2 rings (SSSR count). The van der Waals surface area contributed by atoms with Crippen LogP contribution in [0.2, 0.25) is 0 Å². The van der Waals surface area contributed by atoms with E-state index in [0.29, 0.717) is 11.5 Å². The van der Waals surface area contributed by atoms with Crippen LogP contribution >= 0.6 is 12.4 Å². The highest BCUT2D eigenvalue weighted by molar-refractivity contribution is 7.91. The van der Waals surface area contributed by atoms with Crippen molar-refractivity contribution in [1.29, 1.82) is 0 Å². The molecule has 0 radical (unpaired) electrons. The molecule has 0 aromatic heterocycles. The maximum absolute atomic E-state index is 12.4. The van der Waals surface area contributed by atoms with Crippen LogP contribution in [0.3, 0.4) is 0 Å². The lowest BCUT2D eigenvalue weighted by Gasteiger charge is -2.12. The van der Waals surface area contributed by atoms with Gasteiger partial charge in [-0.05, 0) is 25.1 Å². The van der Waals surface area contributed by atoms with Crippen LogP contribution in [0.4, 0.5) is 0 Å². The van der Waals surface area contributed by atoms with E-state index >= 15 is 0 Å². The molecule has 2 N–H and O–H groups in total. The number of methoxy groups -OCH3 is 2. The monoisotopic (exact) mass is 378 g/mol. The summed E-state index contributed by atoms with van der Waals surface area (Å²) in [4.78, 5) is 12.0. The van der Waals surface area contributed by atoms with Crippen LogP contribution in [0, 0.1) is 0 Å². The van der Waals surface area contributed by atoms with Crippen LogP contribution in [-0.4, -0.2) is 53.4 Å². The quantitative estimate of drug-likeness (QED) is 0.727. The van der Waals surface area contributed by atoms with Crippen LogP contribution < -0.4 is 20.1 Å². The lowest BCUT2D eigenvalue weighted by Crippen LogP contribution is -2.36. The van der Waals surface area contributed by atoms with Crippen molar-refractivity contribution in [3.05, 3.63) is 18.2 Å². The molecule has 1 unspecified atom stereocenters. The van der Waals surface area contributed by atoms with Gasteiger partial charge in [0, 0.05) is 25.1 Å². The largest absolute Gasteiger partial charge is 0.493 e. The van der Waals surface area contributed by atoms with Crippen molar-refractivity contribution in [2.75, 3.05) is 33.1 Å². The molecule has 136 valence electrons. The number of hydrogen-bond donors (Lipinski definition) is 2.